The largest absolute Gasteiger partial charge is 0.393 e. The van der Waals surface area contributed by atoms with Gasteiger partial charge in [0.05, 0.1) is 19.3 Å². The molecule has 1 saturated carbocycles. The minimum atomic E-state index is -0.198. The van der Waals surface area contributed by atoms with Crippen molar-refractivity contribution in [3.05, 3.63) is 35.9 Å². The first kappa shape index (κ1) is 18.0. The number of nitrogens with zero attached hydrogens (tertiary/aromatic N) is 1. The van der Waals surface area contributed by atoms with Crippen molar-refractivity contribution in [3.8, 4) is 0 Å². The summed E-state index contributed by atoms with van der Waals surface area (Å²) in [5.41, 5.74) is 2.21. The van der Waals surface area contributed by atoms with E-state index in [0.29, 0.717) is 12.5 Å². The SMILES string of the molecule is O=C(C=Cc1ccc(N2CCOCC2)cc1)NCC1CCCC(O)C1. The first-order valence-electron chi connectivity index (χ1n) is 9.27. The maximum Gasteiger partial charge on any atom is 0.244 e. The average Bonchev–Trinajstić information content (AvgIpc) is 2.66. The fourth-order valence-electron chi connectivity index (χ4n) is 3.54. The Hall–Kier alpha value is -1.85. The topological polar surface area (TPSA) is 61.8 Å². The van der Waals surface area contributed by atoms with Crippen molar-refractivity contribution in [2.45, 2.75) is 31.8 Å². The Kier molecular flexibility index (Phi) is 6.48. The first-order valence-corrected chi connectivity index (χ1v) is 9.27. The van der Waals surface area contributed by atoms with Crippen molar-refractivity contribution in [2.75, 3.05) is 37.7 Å². The summed E-state index contributed by atoms with van der Waals surface area (Å²) in [6.07, 6.45) is 7.06. The van der Waals surface area contributed by atoms with E-state index in [4.69, 9.17) is 4.74 Å². The molecule has 1 saturated heterocycles. The number of benzene rings is 1. The highest BCUT2D eigenvalue weighted by molar-refractivity contribution is 5.91. The number of amides is 1. The average molecular weight is 344 g/mol. The summed E-state index contributed by atoms with van der Waals surface area (Å²) in [4.78, 5) is 14.3. The second-order valence-corrected chi connectivity index (χ2v) is 6.96. The summed E-state index contributed by atoms with van der Waals surface area (Å²) in [6.45, 7) is 4.05. The molecule has 1 heterocycles. The smallest absolute Gasteiger partial charge is 0.244 e. The highest BCUT2D eigenvalue weighted by Gasteiger charge is 2.20. The molecule has 1 aromatic carbocycles. The fourth-order valence-corrected chi connectivity index (χ4v) is 3.54. The van der Waals surface area contributed by atoms with E-state index in [1.807, 2.05) is 18.2 Å². The lowest BCUT2D eigenvalue weighted by Gasteiger charge is -2.28. The van der Waals surface area contributed by atoms with Gasteiger partial charge < -0.3 is 20.1 Å². The Bertz CT molecular complexity index is 579. The third-order valence-electron chi connectivity index (χ3n) is 5.02. The van der Waals surface area contributed by atoms with Crippen LogP contribution in [0.5, 0.6) is 0 Å². The first-order chi connectivity index (χ1) is 12.2. The number of nitrogens with one attached hydrogen (secondary N) is 1. The number of hydrogen-bond acceptors (Lipinski definition) is 4. The third-order valence-corrected chi connectivity index (χ3v) is 5.02. The van der Waals surface area contributed by atoms with Crippen LogP contribution in [0.4, 0.5) is 5.69 Å². The second-order valence-electron chi connectivity index (χ2n) is 6.96. The van der Waals surface area contributed by atoms with Crippen LogP contribution in [0, 0.1) is 5.92 Å². The van der Waals surface area contributed by atoms with Crippen LogP contribution in [0.2, 0.25) is 0 Å². The molecule has 136 valence electrons. The quantitative estimate of drug-likeness (QED) is 0.804. The molecule has 2 N–H and O–H groups in total. The van der Waals surface area contributed by atoms with Crippen LogP contribution in [-0.4, -0.2) is 50.0 Å². The van der Waals surface area contributed by atoms with Gasteiger partial charge in [0.2, 0.25) is 5.91 Å². The molecule has 2 unspecified atom stereocenters. The van der Waals surface area contributed by atoms with E-state index in [2.05, 4.69) is 22.3 Å². The van der Waals surface area contributed by atoms with Crippen LogP contribution in [0.15, 0.2) is 30.3 Å². The Morgan fingerprint density at radius 1 is 1.24 bits per heavy atom. The van der Waals surface area contributed by atoms with Crippen molar-refractivity contribution in [3.63, 3.8) is 0 Å². The van der Waals surface area contributed by atoms with E-state index < -0.39 is 0 Å². The number of hydrogen-bond donors (Lipinski definition) is 2. The molecule has 2 atom stereocenters. The van der Waals surface area contributed by atoms with E-state index in [1.54, 1.807) is 6.08 Å². The predicted octanol–water partition coefficient (Wildman–Crippen LogP) is 2.20. The zero-order chi connectivity index (χ0) is 17.5. The van der Waals surface area contributed by atoms with Gasteiger partial charge in [0.25, 0.3) is 0 Å². The zero-order valence-electron chi connectivity index (χ0n) is 14.7. The van der Waals surface area contributed by atoms with Crippen molar-refractivity contribution < 1.29 is 14.6 Å². The van der Waals surface area contributed by atoms with Gasteiger partial charge in [-0.1, -0.05) is 18.6 Å². The zero-order valence-corrected chi connectivity index (χ0v) is 14.7. The molecular weight excluding hydrogens is 316 g/mol. The molecule has 1 amide bonds. The molecule has 2 fully saturated rings. The number of carbonyl (C=O) groups excluding carboxylic acids is 1. The summed E-state index contributed by atoms with van der Waals surface area (Å²) in [5, 5.41) is 12.6. The molecule has 5 heteroatoms. The van der Waals surface area contributed by atoms with Gasteiger partial charge in [-0.2, -0.15) is 0 Å². The lowest BCUT2D eigenvalue weighted by atomic mass is 9.87. The fraction of sp³-hybridized carbons (Fsp3) is 0.550. The normalized spacial score (nSPS) is 24.4. The predicted molar refractivity (Wildman–Crippen MR) is 99.5 cm³/mol. The molecule has 1 aliphatic carbocycles. The van der Waals surface area contributed by atoms with Crippen LogP contribution in [0.3, 0.4) is 0 Å². The third kappa shape index (κ3) is 5.58. The lowest BCUT2D eigenvalue weighted by molar-refractivity contribution is -0.116. The van der Waals surface area contributed by atoms with Gasteiger partial charge >= 0.3 is 0 Å². The number of ether oxygens (including phenoxy) is 1. The molecule has 0 radical (unpaired) electrons. The van der Waals surface area contributed by atoms with Crippen LogP contribution in [-0.2, 0) is 9.53 Å². The summed E-state index contributed by atoms with van der Waals surface area (Å²) in [7, 11) is 0. The molecule has 1 aromatic rings. The number of carbonyl (C=O) groups is 1. The van der Waals surface area contributed by atoms with Gasteiger partial charge in [-0.25, -0.2) is 0 Å². The minimum Gasteiger partial charge on any atom is -0.393 e. The molecule has 25 heavy (non-hydrogen) atoms. The van der Waals surface area contributed by atoms with Crippen molar-refractivity contribution in [1.29, 1.82) is 0 Å². The summed E-state index contributed by atoms with van der Waals surface area (Å²) >= 11 is 0. The van der Waals surface area contributed by atoms with Crippen molar-refractivity contribution >= 4 is 17.7 Å². The van der Waals surface area contributed by atoms with Gasteiger partial charge in [-0.3, -0.25) is 4.79 Å². The Labute approximate surface area is 149 Å². The summed E-state index contributed by atoms with van der Waals surface area (Å²) in [5.74, 6) is 0.325. The monoisotopic (exact) mass is 344 g/mol. The molecule has 0 aromatic heterocycles. The Balaban J connectivity index is 1.45. The number of morpholine rings is 1. The summed E-state index contributed by atoms with van der Waals surface area (Å²) in [6, 6.07) is 8.25. The molecule has 0 bridgehead atoms. The van der Waals surface area contributed by atoms with E-state index in [0.717, 1.165) is 57.6 Å². The number of aliphatic hydroxyl groups excluding tert-OH is 1. The second kappa shape index (κ2) is 9.02. The van der Waals surface area contributed by atoms with Crippen molar-refractivity contribution in [1.82, 2.24) is 5.32 Å². The van der Waals surface area contributed by atoms with Crippen LogP contribution in [0.25, 0.3) is 6.08 Å². The molecule has 0 spiro atoms. The van der Waals surface area contributed by atoms with Gasteiger partial charge in [0, 0.05) is 31.4 Å². The molecular formula is C20H28N2O3. The van der Waals surface area contributed by atoms with Gasteiger partial charge in [0.1, 0.15) is 0 Å². The minimum absolute atomic E-state index is 0.0719. The van der Waals surface area contributed by atoms with E-state index >= 15 is 0 Å². The highest BCUT2D eigenvalue weighted by atomic mass is 16.5. The van der Waals surface area contributed by atoms with Crippen LogP contribution < -0.4 is 10.2 Å². The number of anilines is 1. The summed E-state index contributed by atoms with van der Waals surface area (Å²) < 4.78 is 5.37. The maximum atomic E-state index is 12.0. The molecule has 1 aliphatic heterocycles. The van der Waals surface area contributed by atoms with E-state index in [-0.39, 0.29) is 12.0 Å². The Morgan fingerprint density at radius 2 is 2.00 bits per heavy atom. The lowest BCUT2D eigenvalue weighted by Crippen LogP contribution is -2.36. The maximum absolute atomic E-state index is 12.0. The molecule has 5 nitrogen and oxygen atoms in total. The highest BCUT2D eigenvalue weighted by Crippen LogP contribution is 2.23. The molecule has 2 aliphatic rings. The van der Waals surface area contributed by atoms with Crippen LogP contribution in [0.1, 0.15) is 31.2 Å². The van der Waals surface area contributed by atoms with Gasteiger partial charge in [-0.05, 0) is 49.0 Å². The Morgan fingerprint density at radius 3 is 2.72 bits per heavy atom. The molecule has 3 rings (SSSR count). The number of aliphatic hydroxyl groups is 1. The number of rotatable bonds is 5. The van der Waals surface area contributed by atoms with E-state index in [9.17, 15) is 9.90 Å². The van der Waals surface area contributed by atoms with Crippen molar-refractivity contribution in [2.24, 2.45) is 5.92 Å². The van der Waals surface area contributed by atoms with Gasteiger partial charge in [0.15, 0.2) is 0 Å². The van der Waals surface area contributed by atoms with Crippen LogP contribution >= 0.6 is 0 Å². The van der Waals surface area contributed by atoms with Gasteiger partial charge in [-0.15, -0.1) is 0 Å². The standard InChI is InChI=1S/C20H28N2O3/c23-19-3-1-2-17(14-19)15-21-20(24)9-6-16-4-7-18(8-5-16)22-10-12-25-13-11-22/h4-9,17,19,23H,1-3,10-15H2,(H,21,24). The van der Waals surface area contributed by atoms with E-state index in [1.165, 1.54) is 5.69 Å².